The van der Waals surface area contributed by atoms with Gasteiger partial charge in [-0.3, -0.25) is 4.79 Å². The minimum absolute atomic E-state index is 0.0872. The molecule has 2 heteroatoms. The summed E-state index contributed by atoms with van der Waals surface area (Å²) in [4.78, 5) is 12.8. The van der Waals surface area contributed by atoms with Crippen molar-refractivity contribution >= 4 is 5.78 Å². The molecule has 132 valence electrons. The number of hydrogen-bond donors (Lipinski definition) is 1. The van der Waals surface area contributed by atoms with E-state index in [1.54, 1.807) is 0 Å². The molecule has 0 radical (unpaired) electrons. The molecule has 2 nitrogen and oxygen atoms in total. The van der Waals surface area contributed by atoms with Gasteiger partial charge in [-0.15, -0.1) is 0 Å². The van der Waals surface area contributed by atoms with Gasteiger partial charge in [0.25, 0.3) is 0 Å². The van der Waals surface area contributed by atoms with Crippen LogP contribution in [0.25, 0.3) is 11.1 Å². The quantitative estimate of drug-likeness (QED) is 0.749. The SMILES string of the molecule is CC1(C)CC(CC(=O)c2ccc(-c3ccccc3)cc2)CC(C)(C)N1. The maximum Gasteiger partial charge on any atom is 0.163 e. The van der Waals surface area contributed by atoms with E-state index in [0.717, 1.165) is 24.0 Å². The molecule has 0 unspecified atom stereocenters. The van der Waals surface area contributed by atoms with Crippen molar-refractivity contribution in [2.45, 2.75) is 58.0 Å². The van der Waals surface area contributed by atoms with Crippen molar-refractivity contribution in [3.05, 3.63) is 60.2 Å². The molecule has 2 aromatic rings. The van der Waals surface area contributed by atoms with Crippen LogP contribution in [0.1, 0.15) is 57.3 Å². The van der Waals surface area contributed by atoms with E-state index in [4.69, 9.17) is 0 Å². The molecule has 0 aliphatic carbocycles. The van der Waals surface area contributed by atoms with E-state index < -0.39 is 0 Å². The van der Waals surface area contributed by atoms with E-state index in [-0.39, 0.29) is 16.9 Å². The van der Waals surface area contributed by atoms with Crippen LogP contribution in [0.4, 0.5) is 0 Å². The van der Waals surface area contributed by atoms with Crippen LogP contribution in [0.3, 0.4) is 0 Å². The Bertz CT molecular complexity index is 712. The van der Waals surface area contributed by atoms with Crippen molar-refractivity contribution in [2.24, 2.45) is 5.92 Å². The molecule has 1 heterocycles. The molecule has 1 aliphatic rings. The molecule has 1 N–H and O–H groups in total. The number of benzene rings is 2. The fourth-order valence-electron chi connectivity index (χ4n) is 4.54. The summed E-state index contributed by atoms with van der Waals surface area (Å²) in [6, 6.07) is 18.3. The van der Waals surface area contributed by atoms with Gasteiger partial charge >= 0.3 is 0 Å². The molecule has 0 spiro atoms. The number of carbonyl (C=O) groups excluding carboxylic acids is 1. The van der Waals surface area contributed by atoms with Gasteiger partial charge < -0.3 is 5.32 Å². The van der Waals surface area contributed by atoms with Crippen molar-refractivity contribution in [1.82, 2.24) is 5.32 Å². The zero-order chi connectivity index (χ0) is 18.1. The zero-order valence-electron chi connectivity index (χ0n) is 15.8. The van der Waals surface area contributed by atoms with Crippen LogP contribution in [-0.2, 0) is 0 Å². The van der Waals surface area contributed by atoms with Crippen molar-refractivity contribution < 1.29 is 4.79 Å². The van der Waals surface area contributed by atoms with E-state index in [9.17, 15) is 4.79 Å². The molecule has 0 atom stereocenters. The lowest BCUT2D eigenvalue weighted by atomic mass is 9.74. The molecule has 0 bridgehead atoms. The third-order valence-corrected chi connectivity index (χ3v) is 5.06. The highest BCUT2D eigenvalue weighted by molar-refractivity contribution is 5.96. The van der Waals surface area contributed by atoms with Crippen LogP contribution in [0, 0.1) is 5.92 Å². The lowest BCUT2D eigenvalue weighted by Crippen LogP contribution is -2.57. The molecule has 3 rings (SSSR count). The third-order valence-electron chi connectivity index (χ3n) is 5.06. The Morgan fingerprint density at radius 1 is 0.880 bits per heavy atom. The average Bonchev–Trinajstić information content (AvgIpc) is 2.53. The molecule has 1 aliphatic heterocycles. The maximum absolute atomic E-state index is 12.8. The number of hydrogen-bond acceptors (Lipinski definition) is 2. The van der Waals surface area contributed by atoms with Gasteiger partial charge in [0.05, 0.1) is 0 Å². The van der Waals surface area contributed by atoms with Crippen molar-refractivity contribution in [3.63, 3.8) is 0 Å². The second-order valence-electron chi connectivity index (χ2n) is 8.74. The van der Waals surface area contributed by atoms with Gasteiger partial charge in [0.2, 0.25) is 0 Å². The summed E-state index contributed by atoms with van der Waals surface area (Å²) >= 11 is 0. The summed E-state index contributed by atoms with van der Waals surface area (Å²) in [5, 5.41) is 3.69. The Hall–Kier alpha value is -1.93. The van der Waals surface area contributed by atoms with Crippen LogP contribution in [0.15, 0.2) is 54.6 Å². The van der Waals surface area contributed by atoms with E-state index >= 15 is 0 Å². The fourth-order valence-corrected chi connectivity index (χ4v) is 4.54. The summed E-state index contributed by atoms with van der Waals surface area (Å²) in [6.07, 6.45) is 2.73. The second-order valence-corrected chi connectivity index (χ2v) is 8.74. The van der Waals surface area contributed by atoms with Crippen LogP contribution in [0.2, 0.25) is 0 Å². The zero-order valence-corrected chi connectivity index (χ0v) is 15.8. The number of Topliss-reactive ketones (excluding diaryl/α,β-unsaturated/α-hetero) is 1. The smallest absolute Gasteiger partial charge is 0.163 e. The van der Waals surface area contributed by atoms with Gasteiger partial charge in [-0.05, 0) is 57.6 Å². The molecular formula is C23H29NO. The van der Waals surface area contributed by atoms with Gasteiger partial charge in [0, 0.05) is 23.1 Å². The fraction of sp³-hybridized carbons (Fsp3) is 0.435. The Labute approximate surface area is 151 Å². The Morgan fingerprint density at radius 2 is 1.40 bits per heavy atom. The lowest BCUT2D eigenvalue weighted by molar-refractivity contribution is 0.0864. The highest BCUT2D eigenvalue weighted by Crippen LogP contribution is 2.35. The van der Waals surface area contributed by atoms with E-state index in [0.29, 0.717) is 12.3 Å². The Kier molecular flexibility index (Phi) is 4.83. The minimum atomic E-state index is 0.0872. The molecule has 0 aromatic heterocycles. The molecule has 2 aromatic carbocycles. The minimum Gasteiger partial charge on any atom is -0.307 e. The summed E-state index contributed by atoms with van der Waals surface area (Å²) in [5.41, 5.74) is 3.34. The molecule has 1 saturated heterocycles. The first-order valence-corrected chi connectivity index (χ1v) is 9.22. The Balaban J connectivity index is 1.69. The predicted molar refractivity (Wildman–Crippen MR) is 105 cm³/mol. The van der Waals surface area contributed by atoms with Crippen molar-refractivity contribution in [2.75, 3.05) is 0 Å². The standard InChI is InChI=1S/C23H29NO/c1-22(2)15-17(16-23(3,4)24-22)14-21(25)20-12-10-19(11-13-20)18-8-6-5-7-9-18/h5-13,17,24H,14-16H2,1-4H3. The summed E-state index contributed by atoms with van der Waals surface area (Å²) in [7, 11) is 0. The average molecular weight is 335 g/mol. The molecule has 25 heavy (non-hydrogen) atoms. The number of piperidine rings is 1. The van der Waals surface area contributed by atoms with Gasteiger partial charge in [-0.2, -0.15) is 0 Å². The van der Waals surface area contributed by atoms with Gasteiger partial charge in [-0.25, -0.2) is 0 Å². The van der Waals surface area contributed by atoms with Crippen LogP contribution in [0.5, 0.6) is 0 Å². The topological polar surface area (TPSA) is 29.1 Å². The van der Waals surface area contributed by atoms with Gasteiger partial charge in [0.1, 0.15) is 0 Å². The number of carbonyl (C=O) groups is 1. The monoisotopic (exact) mass is 335 g/mol. The van der Waals surface area contributed by atoms with Crippen molar-refractivity contribution in [3.8, 4) is 11.1 Å². The first-order valence-electron chi connectivity index (χ1n) is 9.22. The lowest BCUT2D eigenvalue weighted by Gasteiger charge is -2.46. The molecular weight excluding hydrogens is 306 g/mol. The maximum atomic E-state index is 12.8. The number of ketones is 1. The predicted octanol–water partition coefficient (Wildman–Crippen LogP) is 5.48. The van der Waals surface area contributed by atoms with Gasteiger partial charge in [0.15, 0.2) is 5.78 Å². The van der Waals surface area contributed by atoms with Gasteiger partial charge in [-0.1, -0.05) is 54.6 Å². The van der Waals surface area contributed by atoms with E-state index in [1.807, 2.05) is 30.3 Å². The van der Waals surface area contributed by atoms with Crippen LogP contribution >= 0.6 is 0 Å². The van der Waals surface area contributed by atoms with Crippen LogP contribution < -0.4 is 5.32 Å². The molecule has 0 amide bonds. The number of nitrogens with one attached hydrogen (secondary N) is 1. The van der Waals surface area contributed by atoms with Crippen LogP contribution in [-0.4, -0.2) is 16.9 Å². The summed E-state index contributed by atoms with van der Waals surface area (Å²) < 4.78 is 0. The first-order chi connectivity index (χ1) is 11.7. The third kappa shape index (κ3) is 4.58. The molecule has 0 saturated carbocycles. The van der Waals surface area contributed by atoms with Crippen molar-refractivity contribution in [1.29, 1.82) is 0 Å². The largest absolute Gasteiger partial charge is 0.307 e. The second kappa shape index (κ2) is 6.76. The van der Waals surface area contributed by atoms with E-state index in [2.05, 4.69) is 57.3 Å². The first kappa shape index (κ1) is 17.9. The Morgan fingerprint density at radius 3 is 1.96 bits per heavy atom. The highest BCUT2D eigenvalue weighted by Gasteiger charge is 2.38. The number of rotatable bonds is 4. The molecule has 1 fully saturated rings. The van der Waals surface area contributed by atoms with E-state index in [1.165, 1.54) is 5.56 Å². The summed E-state index contributed by atoms with van der Waals surface area (Å²) in [6.45, 7) is 8.94. The normalized spacial score (nSPS) is 19.5. The highest BCUT2D eigenvalue weighted by atomic mass is 16.1. The summed E-state index contributed by atoms with van der Waals surface area (Å²) in [5.74, 6) is 0.700.